The van der Waals surface area contributed by atoms with Crippen LogP contribution in [0.25, 0.3) is 0 Å². The van der Waals surface area contributed by atoms with Gasteiger partial charge in [-0.3, -0.25) is 4.79 Å². The average molecular weight is 330 g/mol. The molecule has 122 valence electrons. The van der Waals surface area contributed by atoms with Crippen LogP contribution in [-0.4, -0.2) is 32.7 Å². The molecule has 4 nitrogen and oxygen atoms in total. The molecule has 1 fully saturated rings. The van der Waals surface area contributed by atoms with E-state index in [9.17, 15) is 4.79 Å². The number of methoxy groups -OCH3 is 1. The largest absolute Gasteiger partial charge is 0.495 e. The van der Waals surface area contributed by atoms with Crippen LogP contribution in [0.2, 0.25) is 0 Å². The molecule has 1 aromatic heterocycles. The highest BCUT2D eigenvalue weighted by Gasteiger charge is 2.25. The number of nitrogens with zero attached hydrogens (tertiary/aromatic N) is 1. The van der Waals surface area contributed by atoms with Gasteiger partial charge in [-0.15, -0.1) is 11.3 Å². The van der Waals surface area contributed by atoms with Gasteiger partial charge in [-0.2, -0.15) is 0 Å². The smallest absolute Gasteiger partial charge is 0.261 e. The van der Waals surface area contributed by atoms with E-state index < -0.39 is 0 Å². The van der Waals surface area contributed by atoms with E-state index >= 15 is 0 Å². The summed E-state index contributed by atoms with van der Waals surface area (Å²) < 4.78 is 5.44. The lowest BCUT2D eigenvalue weighted by atomic mass is 10.1. The van der Waals surface area contributed by atoms with Gasteiger partial charge in [0.1, 0.15) is 5.75 Å². The highest BCUT2D eigenvalue weighted by molar-refractivity contribution is 7.13. The van der Waals surface area contributed by atoms with Crippen molar-refractivity contribution < 1.29 is 9.53 Å². The Balaban J connectivity index is 1.55. The number of aryl methyl sites for hydroxylation is 1. The standard InChI is InChI=1S/C18H22N2O2S/c1-13-7-8-17(23-13)18(21)19-11-14-9-10-20(12-14)15-5-3-4-6-16(15)22-2/h3-8,14H,9-12H2,1-2H3,(H,19,21)/t14-/m1/s1. The Morgan fingerprint density at radius 2 is 2.17 bits per heavy atom. The second-order valence-electron chi connectivity index (χ2n) is 5.89. The first-order chi connectivity index (χ1) is 11.2. The van der Waals surface area contributed by atoms with Gasteiger partial charge in [0, 0.05) is 24.5 Å². The zero-order valence-corrected chi connectivity index (χ0v) is 14.4. The zero-order valence-electron chi connectivity index (χ0n) is 13.5. The van der Waals surface area contributed by atoms with Gasteiger partial charge in [-0.1, -0.05) is 12.1 Å². The summed E-state index contributed by atoms with van der Waals surface area (Å²) in [7, 11) is 1.70. The van der Waals surface area contributed by atoms with E-state index in [2.05, 4.69) is 16.3 Å². The number of carbonyl (C=O) groups is 1. The van der Waals surface area contributed by atoms with Gasteiger partial charge in [0.2, 0.25) is 0 Å². The molecular weight excluding hydrogens is 308 g/mol. The second-order valence-corrected chi connectivity index (χ2v) is 7.18. The van der Waals surface area contributed by atoms with Crippen LogP contribution < -0.4 is 15.0 Å². The molecule has 3 rings (SSSR count). The van der Waals surface area contributed by atoms with Crippen molar-refractivity contribution in [3.8, 4) is 5.75 Å². The molecule has 0 aliphatic carbocycles. The molecule has 23 heavy (non-hydrogen) atoms. The van der Waals surface area contributed by atoms with Gasteiger partial charge in [0.15, 0.2) is 0 Å². The summed E-state index contributed by atoms with van der Waals surface area (Å²) in [6.45, 7) is 4.69. The van der Waals surface area contributed by atoms with Crippen LogP contribution in [-0.2, 0) is 0 Å². The first kappa shape index (κ1) is 15.9. The molecule has 1 saturated heterocycles. The third-order valence-electron chi connectivity index (χ3n) is 4.23. The minimum Gasteiger partial charge on any atom is -0.495 e. The van der Waals surface area contributed by atoms with Gasteiger partial charge in [-0.25, -0.2) is 0 Å². The van der Waals surface area contributed by atoms with Crippen LogP contribution in [0.5, 0.6) is 5.75 Å². The molecule has 1 aliphatic rings. The van der Waals surface area contributed by atoms with Crippen molar-refractivity contribution in [1.82, 2.24) is 5.32 Å². The number of anilines is 1. The first-order valence-corrected chi connectivity index (χ1v) is 8.71. The number of amides is 1. The summed E-state index contributed by atoms with van der Waals surface area (Å²) in [4.78, 5) is 16.4. The van der Waals surface area contributed by atoms with E-state index in [1.54, 1.807) is 18.4 Å². The van der Waals surface area contributed by atoms with Gasteiger partial charge in [0.05, 0.1) is 17.7 Å². The molecule has 1 N–H and O–H groups in total. The highest BCUT2D eigenvalue weighted by atomic mass is 32.1. The third kappa shape index (κ3) is 3.67. The Morgan fingerprint density at radius 3 is 2.91 bits per heavy atom. The average Bonchev–Trinajstić information content (AvgIpc) is 3.21. The van der Waals surface area contributed by atoms with E-state index in [4.69, 9.17) is 4.74 Å². The fourth-order valence-electron chi connectivity index (χ4n) is 2.99. The quantitative estimate of drug-likeness (QED) is 0.914. The minimum atomic E-state index is 0.0406. The molecule has 0 unspecified atom stereocenters. The van der Waals surface area contributed by atoms with Crippen LogP contribution in [0.15, 0.2) is 36.4 Å². The number of hydrogen-bond acceptors (Lipinski definition) is 4. The molecule has 1 amide bonds. The summed E-state index contributed by atoms with van der Waals surface area (Å²) in [5.74, 6) is 1.43. The summed E-state index contributed by atoms with van der Waals surface area (Å²) in [6, 6.07) is 12.0. The SMILES string of the molecule is COc1ccccc1N1CC[C@H](CNC(=O)c2ccc(C)s2)C1. The van der Waals surface area contributed by atoms with E-state index in [0.29, 0.717) is 5.92 Å². The van der Waals surface area contributed by atoms with Gasteiger partial charge >= 0.3 is 0 Å². The predicted molar refractivity (Wildman–Crippen MR) is 94.7 cm³/mol. The Hall–Kier alpha value is -2.01. The fraction of sp³-hybridized carbons (Fsp3) is 0.389. The Labute approximate surface area is 141 Å². The van der Waals surface area contributed by atoms with Crippen molar-refractivity contribution in [2.24, 2.45) is 5.92 Å². The lowest BCUT2D eigenvalue weighted by molar-refractivity contribution is 0.0952. The molecule has 2 aromatic rings. The molecule has 5 heteroatoms. The van der Waals surface area contributed by atoms with Crippen molar-refractivity contribution in [3.05, 3.63) is 46.2 Å². The topological polar surface area (TPSA) is 41.6 Å². The number of ether oxygens (including phenoxy) is 1. The Bertz CT molecular complexity index is 683. The maximum absolute atomic E-state index is 12.1. The predicted octanol–water partition coefficient (Wildman–Crippen LogP) is 3.32. The maximum atomic E-state index is 12.1. The Morgan fingerprint density at radius 1 is 1.35 bits per heavy atom. The molecule has 1 atom stereocenters. The van der Waals surface area contributed by atoms with Gasteiger partial charge in [-0.05, 0) is 43.5 Å². The van der Waals surface area contributed by atoms with Crippen LogP contribution in [0.1, 0.15) is 21.0 Å². The zero-order chi connectivity index (χ0) is 16.2. The normalized spacial score (nSPS) is 17.3. The van der Waals surface area contributed by atoms with Gasteiger partial charge in [0.25, 0.3) is 5.91 Å². The van der Waals surface area contributed by atoms with E-state index in [-0.39, 0.29) is 5.91 Å². The molecule has 0 spiro atoms. The second kappa shape index (κ2) is 7.04. The fourth-order valence-corrected chi connectivity index (χ4v) is 3.77. The number of rotatable bonds is 5. The van der Waals surface area contributed by atoms with Crippen LogP contribution >= 0.6 is 11.3 Å². The van der Waals surface area contributed by atoms with E-state index in [1.807, 2.05) is 37.3 Å². The first-order valence-electron chi connectivity index (χ1n) is 7.90. The molecule has 0 bridgehead atoms. The van der Waals surface area contributed by atoms with Crippen LogP contribution in [0.3, 0.4) is 0 Å². The summed E-state index contributed by atoms with van der Waals surface area (Å²) in [5.41, 5.74) is 1.14. The number of nitrogens with one attached hydrogen (secondary N) is 1. The van der Waals surface area contributed by atoms with Crippen molar-refractivity contribution in [3.63, 3.8) is 0 Å². The third-order valence-corrected chi connectivity index (χ3v) is 5.23. The lowest BCUT2D eigenvalue weighted by Gasteiger charge is -2.21. The number of hydrogen-bond donors (Lipinski definition) is 1. The van der Waals surface area contributed by atoms with Crippen molar-refractivity contribution in [2.45, 2.75) is 13.3 Å². The summed E-state index contributed by atoms with van der Waals surface area (Å²) >= 11 is 1.54. The van der Waals surface area contributed by atoms with Crippen molar-refractivity contribution >= 4 is 22.9 Å². The van der Waals surface area contributed by atoms with Crippen LogP contribution in [0.4, 0.5) is 5.69 Å². The number of thiophene rings is 1. The summed E-state index contributed by atoms with van der Waals surface area (Å²) in [5, 5.41) is 3.07. The number of benzene rings is 1. The molecular formula is C18H22N2O2S. The van der Waals surface area contributed by atoms with Crippen molar-refractivity contribution in [1.29, 1.82) is 0 Å². The molecule has 1 aromatic carbocycles. The number of carbonyl (C=O) groups excluding carboxylic acids is 1. The highest BCUT2D eigenvalue weighted by Crippen LogP contribution is 2.31. The van der Waals surface area contributed by atoms with E-state index in [0.717, 1.165) is 42.4 Å². The molecule has 0 radical (unpaired) electrons. The minimum absolute atomic E-state index is 0.0406. The van der Waals surface area contributed by atoms with E-state index in [1.165, 1.54) is 4.88 Å². The monoisotopic (exact) mass is 330 g/mol. The summed E-state index contributed by atoms with van der Waals surface area (Å²) in [6.07, 6.45) is 1.09. The lowest BCUT2D eigenvalue weighted by Crippen LogP contribution is -2.30. The van der Waals surface area contributed by atoms with Crippen LogP contribution in [0, 0.1) is 12.8 Å². The van der Waals surface area contributed by atoms with Gasteiger partial charge < -0.3 is 15.0 Å². The molecule has 0 saturated carbocycles. The number of para-hydroxylation sites is 2. The Kier molecular flexibility index (Phi) is 4.86. The maximum Gasteiger partial charge on any atom is 0.261 e. The molecule has 2 heterocycles. The molecule has 1 aliphatic heterocycles. The van der Waals surface area contributed by atoms with Crippen molar-refractivity contribution in [2.75, 3.05) is 31.6 Å².